The van der Waals surface area contributed by atoms with Crippen LogP contribution < -0.4 is 0 Å². The number of hydrogen-bond donors (Lipinski definition) is 0. The SMILES string of the molecule is CN(Cc1ccc(C2=NCCN2C(=O)OC(C)(C)C)cc1)C(=O)C=CCN(C)S(=O)(=O)c1ccc(Cl)cc1Cl. The van der Waals surface area contributed by atoms with Crippen molar-refractivity contribution in [3.8, 4) is 0 Å². The van der Waals surface area contributed by atoms with E-state index in [-0.39, 0.29) is 22.4 Å². The molecule has 2 aromatic rings. The molecule has 39 heavy (non-hydrogen) atoms. The van der Waals surface area contributed by atoms with Gasteiger partial charge in [0.05, 0.1) is 18.1 Å². The van der Waals surface area contributed by atoms with Crippen LogP contribution in [0.15, 0.2) is 64.5 Å². The van der Waals surface area contributed by atoms with Crippen molar-refractivity contribution in [3.05, 3.63) is 75.8 Å². The third kappa shape index (κ3) is 8.04. The minimum Gasteiger partial charge on any atom is -0.443 e. The molecule has 210 valence electrons. The van der Waals surface area contributed by atoms with E-state index in [9.17, 15) is 18.0 Å². The largest absolute Gasteiger partial charge is 0.443 e. The molecule has 0 saturated heterocycles. The van der Waals surface area contributed by atoms with Crippen LogP contribution in [0.3, 0.4) is 0 Å². The highest BCUT2D eigenvalue weighted by Gasteiger charge is 2.29. The molecule has 0 fully saturated rings. The van der Waals surface area contributed by atoms with Gasteiger partial charge < -0.3 is 9.64 Å². The minimum absolute atomic E-state index is 0.0220. The summed E-state index contributed by atoms with van der Waals surface area (Å²) in [6.07, 6.45) is 2.37. The molecule has 0 N–H and O–H groups in total. The van der Waals surface area contributed by atoms with Gasteiger partial charge in [0.25, 0.3) is 0 Å². The van der Waals surface area contributed by atoms with Gasteiger partial charge in [-0.25, -0.2) is 13.2 Å². The first-order valence-corrected chi connectivity index (χ1v) is 14.4. The summed E-state index contributed by atoms with van der Waals surface area (Å²) in [5.74, 6) is 0.271. The maximum Gasteiger partial charge on any atom is 0.416 e. The molecule has 0 unspecified atom stereocenters. The highest BCUT2D eigenvalue weighted by atomic mass is 35.5. The molecule has 1 heterocycles. The fourth-order valence-corrected chi connectivity index (χ4v) is 5.54. The number of sulfonamides is 1. The molecule has 1 aliphatic heterocycles. The first kappa shape index (κ1) is 30.6. The smallest absolute Gasteiger partial charge is 0.416 e. The molecule has 1 aliphatic rings. The zero-order chi connectivity index (χ0) is 29.0. The Labute approximate surface area is 239 Å². The zero-order valence-corrected chi connectivity index (χ0v) is 24.8. The third-order valence-electron chi connectivity index (χ3n) is 5.67. The number of rotatable bonds is 8. The quantitative estimate of drug-likeness (QED) is 0.408. The van der Waals surface area contributed by atoms with E-state index in [1.165, 1.54) is 47.2 Å². The third-order valence-corrected chi connectivity index (χ3v) is 8.21. The number of carbonyl (C=O) groups excluding carboxylic acids is 2. The lowest BCUT2D eigenvalue weighted by Gasteiger charge is -2.25. The van der Waals surface area contributed by atoms with Crippen molar-refractivity contribution >= 4 is 51.1 Å². The average Bonchev–Trinajstić information content (AvgIpc) is 3.33. The Bertz CT molecular complexity index is 1390. The van der Waals surface area contributed by atoms with Crippen LogP contribution in [0.1, 0.15) is 31.9 Å². The molecule has 3 rings (SSSR count). The van der Waals surface area contributed by atoms with Gasteiger partial charge in [-0.2, -0.15) is 4.31 Å². The van der Waals surface area contributed by atoms with E-state index in [1.54, 1.807) is 7.05 Å². The van der Waals surface area contributed by atoms with Gasteiger partial charge in [-0.15, -0.1) is 0 Å². The van der Waals surface area contributed by atoms with Crippen LogP contribution in [0, 0.1) is 0 Å². The van der Waals surface area contributed by atoms with Gasteiger partial charge in [0.15, 0.2) is 0 Å². The van der Waals surface area contributed by atoms with E-state index in [1.807, 2.05) is 45.0 Å². The van der Waals surface area contributed by atoms with Gasteiger partial charge in [-0.3, -0.25) is 14.7 Å². The highest BCUT2D eigenvalue weighted by molar-refractivity contribution is 7.89. The standard InChI is InChI=1S/C27H32Cl2N4O5S/c1-27(2,3)38-26(35)33-16-14-30-25(33)20-10-8-19(9-11-20)18-31(4)24(34)7-6-15-32(5)39(36,37)23-13-12-21(28)17-22(23)29/h6-13,17H,14-16,18H2,1-5H3. The topological polar surface area (TPSA) is 99.6 Å². The molecular weight excluding hydrogens is 563 g/mol. The van der Waals surface area contributed by atoms with E-state index in [4.69, 9.17) is 27.9 Å². The summed E-state index contributed by atoms with van der Waals surface area (Å²) in [5, 5.41) is 0.359. The van der Waals surface area contributed by atoms with Gasteiger partial charge in [0.1, 0.15) is 16.3 Å². The first-order chi connectivity index (χ1) is 18.2. The van der Waals surface area contributed by atoms with E-state index < -0.39 is 21.7 Å². The lowest BCUT2D eigenvalue weighted by molar-refractivity contribution is -0.125. The molecular formula is C27H32Cl2N4O5S. The lowest BCUT2D eigenvalue weighted by Crippen LogP contribution is -2.39. The molecule has 0 aliphatic carbocycles. The van der Waals surface area contributed by atoms with Gasteiger partial charge in [-0.1, -0.05) is 53.5 Å². The molecule has 0 bridgehead atoms. The number of carbonyl (C=O) groups is 2. The van der Waals surface area contributed by atoms with Crippen LogP contribution in [0.25, 0.3) is 0 Å². The van der Waals surface area contributed by atoms with Crippen LogP contribution in [0.5, 0.6) is 0 Å². The van der Waals surface area contributed by atoms with Gasteiger partial charge >= 0.3 is 6.09 Å². The molecule has 0 aromatic heterocycles. The molecule has 12 heteroatoms. The monoisotopic (exact) mass is 594 g/mol. The fourth-order valence-electron chi connectivity index (χ4n) is 3.68. The Morgan fingerprint density at radius 1 is 1.10 bits per heavy atom. The molecule has 0 atom stereocenters. The highest BCUT2D eigenvalue weighted by Crippen LogP contribution is 2.27. The number of aliphatic imine (C=N–C) groups is 1. The summed E-state index contributed by atoms with van der Waals surface area (Å²) in [6, 6.07) is 11.6. The number of halogens is 2. The first-order valence-electron chi connectivity index (χ1n) is 12.2. The number of benzene rings is 2. The van der Waals surface area contributed by atoms with Crippen molar-refractivity contribution in [2.45, 2.75) is 37.8 Å². The minimum atomic E-state index is -3.86. The molecule has 0 saturated carbocycles. The number of nitrogens with zero attached hydrogens (tertiary/aromatic N) is 4. The summed E-state index contributed by atoms with van der Waals surface area (Å²) in [6.45, 7) is 6.72. The maximum atomic E-state index is 12.8. The average molecular weight is 596 g/mol. The fraction of sp³-hybridized carbons (Fsp3) is 0.370. The van der Waals surface area contributed by atoms with E-state index in [0.29, 0.717) is 30.5 Å². The number of likely N-dealkylation sites (N-methyl/N-ethyl adjacent to an activating group) is 2. The molecule has 0 radical (unpaired) electrons. The molecule has 2 amide bonds. The van der Waals surface area contributed by atoms with Gasteiger partial charge in [0, 0.05) is 43.8 Å². The Morgan fingerprint density at radius 2 is 1.77 bits per heavy atom. The summed E-state index contributed by atoms with van der Waals surface area (Å²) >= 11 is 11.9. The predicted octanol–water partition coefficient (Wildman–Crippen LogP) is 4.83. The van der Waals surface area contributed by atoms with Gasteiger partial charge in [0.2, 0.25) is 15.9 Å². The second kappa shape index (κ2) is 12.5. The maximum absolute atomic E-state index is 12.8. The van der Waals surface area contributed by atoms with Crippen molar-refractivity contribution in [1.29, 1.82) is 0 Å². The van der Waals surface area contributed by atoms with Crippen molar-refractivity contribution < 1.29 is 22.7 Å². The van der Waals surface area contributed by atoms with E-state index >= 15 is 0 Å². The lowest BCUT2D eigenvalue weighted by atomic mass is 10.1. The Balaban J connectivity index is 1.57. The predicted molar refractivity (Wildman–Crippen MR) is 153 cm³/mol. The van der Waals surface area contributed by atoms with Gasteiger partial charge in [-0.05, 0) is 44.5 Å². The zero-order valence-electron chi connectivity index (χ0n) is 22.5. The van der Waals surface area contributed by atoms with Crippen LogP contribution in [0.2, 0.25) is 10.0 Å². The number of hydrogen-bond acceptors (Lipinski definition) is 6. The van der Waals surface area contributed by atoms with Crippen molar-refractivity contribution in [1.82, 2.24) is 14.1 Å². The van der Waals surface area contributed by atoms with Crippen molar-refractivity contribution in [3.63, 3.8) is 0 Å². The molecule has 9 nitrogen and oxygen atoms in total. The summed E-state index contributed by atoms with van der Waals surface area (Å²) in [5.41, 5.74) is 1.05. The Kier molecular flexibility index (Phi) is 9.82. The second-order valence-electron chi connectivity index (χ2n) is 9.99. The van der Waals surface area contributed by atoms with Crippen molar-refractivity contribution in [2.24, 2.45) is 4.99 Å². The van der Waals surface area contributed by atoms with E-state index in [2.05, 4.69) is 4.99 Å². The van der Waals surface area contributed by atoms with Crippen molar-refractivity contribution in [2.75, 3.05) is 33.7 Å². The van der Waals surface area contributed by atoms with E-state index in [0.717, 1.165) is 15.4 Å². The van der Waals surface area contributed by atoms with Crippen LogP contribution in [-0.2, 0) is 26.1 Å². The number of amides is 2. The molecule has 0 spiro atoms. The van der Waals surface area contributed by atoms with Crippen LogP contribution >= 0.6 is 23.2 Å². The second-order valence-corrected chi connectivity index (χ2v) is 12.8. The summed E-state index contributed by atoms with van der Waals surface area (Å²) < 4.78 is 32.2. The Hall–Kier alpha value is -2.92. The summed E-state index contributed by atoms with van der Waals surface area (Å²) in [7, 11) is -0.804. The normalized spacial score (nSPS) is 14.2. The number of amidine groups is 1. The number of ether oxygens (including phenoxy) is 1. The summed E-state index contributed by atoms with van der Waals surface area (Å²) in [4.78, 5) is 32.6. The van der Waals surface area contributed by atoms with Crippen LogP contribution in [-0.4, -0.2) is 79.7 Å². The van der Waals surface area contributed by atoms with Crippen LogP contribution in [0.4, 0.5) is 4.79 Å². The molecule has 2 aromatic carbocycles. The Morgan fingerprint density at radius 3 is 2.38 bits per heavy atom.